The molecule has 2 fully saturated rings. The molecule has 3 heterocycles. The highest BCUT2D eigenvalue weighted by atomic mass is 32.2. The summed E-state index contributed by atoms with van der Waals surface area (Å²) in [5, 5.41) is 7.87. The average Bonchev–Trinajstić information content (AvgIpc) is 3.20. The molecule has 2 aliphatic heterocycles. The van der Waals surface area contributed by atoms with Crippen LogP contribution in [0.2, 0.25) is 0 Å². The lowest BCUT2D eigenvalue weighted by Crippen LogP contribution is -2.45. The first kappa shape index (κ1) is 15.9. The summed E-state index contributed by atoms with van der Waals surface area (Å²) in [5.74, 6) is -0.276. The Morgan fingerprint density at radius 1 is 1.32 bits per heavy atom. The van der Waals surface area contributed by atoms with E-state index in [1.165, 1.54) is 15.6 Å². The molecular weight excluding hydrogens is 322 g/mol. The van der Waals surface area contributed by atoms with Crippen molar-refractivity contribution in [2.75, 3.05) is 26.2 Å². The number of rotatable bonds is 4. The highest BCUT2D eigenvalue weighted by molar-refractivity contribution is 7.89. The lowest BCUT2D eigenvalue weighted by Gasteiger charge is -2.24. The van der Waals surface area contributed by atoms with Crippen LogP contribution >= 0.6 is 11.3 Å². The molecular formula is C14H21N3O3S2. The maximum atomic E-state index is 12.7. The predicted octanol–water partition coefficient (Wildman–Crippen LogP) is 1.01. The van der Waals surface area contributed by atoms with E-state index in [9.17, 15) is 13.2 Å². The third-order valence-electron chi connectivity index (χ3n) is 4.15. The van der Waals surface area contributed by atoms with Crippen LogP contribution in [-0.4, -0.2) is 50.9 Å². The minimum atomic E-state index is -3.54. The number of sulfonamides is 1. The van der Waals surface area contributed by atoms with E-state index in [1.54, 1.807) is 11.4 Å². The van der Waals surface area contributed by atoms with Gasteiger partial charge in [-0.1, -0.05) is 0 Å². The first-order valence-electron chi connectivity index (χ1n) is 7.68. The van der Waals surface area contributed by atoms with Crippen molar-refractivity contribution in [3.8, 4) is 0 Å². The second-order valence-electron chi connectivity index (χ2n) is 5.74. The number of amides is 1. The standard InChI is InChI=1S/C14H21N3O3S2/c18-14(16-11-4-3-6-15-10-11)13-12(5-9-21-13)22(19,20)17-7-1-2-8-17/h5,9,11,15H,1-4,6-8,10H2,(H,16,18)/t11-/m0/s1. The second-order valence-corrected chi connectivity index (χ2v) is 8.56. The van der Waals surface area contributed by atoms with Crippen LogP contribution in [0.15, 0.2) is 16.3 Å². The lowest BCUT2D eigenvalue weighted by atomic mass is 10.1. The number of carbonyl (C=O) groups excluding carboxylic acids is 1. The van der Waals surface area contributed by atoms with Gasteiger partial charge in [-0.25, -0.2) is 8.42 Å². The van der Waals surface area contributed by atoms with Gasteiger partial charge in [0.2, 0.25) is 10.0 Å². The summed E-state index contributed by atoms with van der Waals surface area (Å²) in [6.45, 7) is 2.81. The molecule has 0 spiro atoms. The van der Waals surface area contributed by atoms with Gasteiger partial charge in [-0.15, -0.1) is 11.3 Å². The van der Waals surface area contributed by atoms with Gasteiger partial charge < -0.3 is 10.6 Å². The normalized spacial score (nSPS) is 23.5. The summed E-state index contributed by atoms with van der Waals surface area (Å²) in [6, 6.07) is 1.62. The van der Waals surface area contributed by atoms with E-state index in [0.29, 0.717) is 18.0 Å². The van der Waals surface area contributed by atoms with Gasteiger partial charge in [0.15, 0.2) is 0 Å². The fourth-order valence-corrected chi connectivity index (χ4v) is 5.78. The number of hydrogen-bond donors (Lipinski definition) is 2. The van der Waals surface area contributed by atoms with Crippen molar-refractivity contribution in [1.82, 2.24) is 14.9 Å². The Hall–Kier alpha value is -0.960. The first-order chi connectivity index (χ1) is 10.6. The SMILES string of the molecule is O=C(N[C@H]1CCCNC1)c1sccc1S(=O)(=O)N1CCCC1. The van der Waals surface area contributed by atoms with E-state index in [1.807, 2.05) is 0 Å². The molecule has 1 aromatic heterocycles. The van der Waals surface area contributed by atoms with Crippen molar-refractivity contribution in [1.29, 1.82) is 0 Å². The largest absolute Gasteiger partial charge is 0.347 e. The molecule has 1 amide bonds. The zero-order valence-electron chi connectivity index (χ0n) is 12.4. The molecule has 0 aromatic carbocycles. The smallest absolute Gasteiger partial charge is 0.263 e. The van der Waals surface area contributed by atoms with Gasteiger partial charge in [0.25, 0.3) is 5.91 Å². The van der Waals surface area contributed by atoms with Crippen LogP contribution < -0.4 is 10.6 Å². The minimum Gasteiger partial charge on any atom is -0.347 e. The summed E-state index contributed by atoms with van der Waals surface area (Å²) >= 11 is 1.19. The van der Waals surface area contributed by atoms with Gasteiger partial charge in [0.1, 0.15) is 9.77 Å². The highest BCUT2D eigenvalue weighted by Gasteiger charge is 2.32. The Labute approximate surface area is 134 Å². The quantitative estimate of drug-likeness (QED) is 0.855. The summed E-state index contributed by atoms with van der Waals surface area (Å²) in [6.07, 6.45) is 3.73. The third-order valence-corrected chi connectivity index (χ3v) is 7.13. The summed E-state index contributed by atoms with van der Waals surface area (Å²) in [4.78, 5) is 12.9. The zero-order chi connectivity index (χ0) is 15.6. The molecule has 122 valence electrons. The van der Waals surface area contributed by atoms with Crippen molar-refractivity contribution in [3.63, 3.8) is 0 Å². The predicted molar refractivity (Wildman–Crippen MR) is 85.7 cm³/mol. The summed E-state index contributed by atoms with van der Waals surface area (Å²) in [7, 11) is -3.54. The zero-order valence-corrected chi connectivity index (χ0v) is 14.0. The Kier molecular flexibility index (Phi) is 4.82. The van der Waals surface area contributed by atoms with Crippen LogP contribution in [0.3, 0.4) is 0 Å². The van der Waals surface area contributed by atoms with Gasteiger partial charge in [0.05, 0.1) is 0 Å². The molecule has 2 aliphatic rings. The van der Waals surface area contributed by atoms with Crippen molar-refractivity contribution in [2.45, 2.75) is 36.6 Å². The molecule has 8 heteroatoms. The molecule has 1 atom stereocenters. The number of nitrogens with zero attached hydrogens (tertiary/aromatic N) is 1. The van der Waals surface area contributed by atoms with Crippen LogP contribution in [0.4, 0.5) is 0 Å². The molecule has 0 bridgehead atoms. The van der Waals surface area contributed by atoms with E-state index >= 15 is 0 Å². The van der Waals surface area contributed by atoms with Gasteiger partial charge >= 0.3 is 0 Å². The van der Waals surface area contributed by atoms with E-state index in [0.717, 1.165) is 38.8 Å². The van der Waals surface area contributed by atoms with Crippen molar-refractivity contribution >= 4 is 27.3 Å². The Balaban J connectivity index is 1.77. The number of nitrogens with one attached hydrogen (secondary N) is 2. The van der Waals surface area contributed by atoms with Gasteiger partial charge in [0, 0.05) is 25.7 Å². The van der Waals surface area contributed by atoms with Gasteiger partial charge in [-0.3, -0.25) is 4.79 Å². The molecule has 1 aromatic rings. The second kappa shape index (κ2) is 6.66. The van der Waals surface area contributed by atoms with Crippen molar-refractivity contribution in [3.05, 3.63) is 16.3 Å². The number of hydrogen-bond acceptors (Lipinski definition) is 5. The maximum absolute atomic E-state index is 12.7. The maximum Gasteiger partial charge on any atom is 0.263 e. The fourth-order valence-electron chi connectivity index (χ4n) is 2.96. The van der Waals surface area contributed by atoms with Crippen LogP contribution in [0.5, 0.6) is 0 Å². The van der Waals surface area contributed by atoms with E-state index < -0.39 is 10.0 Å². The molecule has 6 nitrogen and oxygen atoms in total. The van der Waals surface area contributed by atoms with Crippen LogP contribution in [-0.2, 0) is 10.0 Å². The summed E-state index contributed by atoms with van der Waals surface area (Å²) in [5.41, 5.74) is 0. The number of piperidine rings is 1. The Bertz CT molecular complexity index is 630. The third kappa shape index (κ3) is 3.19. The molecule has 0 saturated carbocycles. The molecule has 2 N–H and O–H groups in total. The van der Waals surface area contributed by atoms with Gasteiger partial charge in [-0.05, 0) is 43.7 Å². The van der Waals surface area contributed by atoms with Crippen molar-refractivity contribution < 1.29 is 13.2 Å². The average molecular weight is 343 g/mol. The molecule has 3 rings (SSSR count). The van der Waals surface area contributed by atoms with E-state index in [-0.39, 0.29) is 16.8 Å². The molecule has 2 saturated heterocycles. The topological polar surface area (TPSA) is 78.5 Å². The molecule has 0 unspecified atom stereocenters. The molecule has 22 heavy (non-hydrogen) atoms. The minimum absolute atomic E-state index is 0.0747. The van der Waals surface area contributed by atoms with Crippen LogP contribution in [0, 0.1) is 0 Å². The first-order valence-corrected chi connectivity index (χ1v) is 10.0. The lowest BCUT2D eigenvalue weighted by molar-refractivity contribution is 0.0931. The molecule has 0 radical (unpaired) electrons. The highest BCUT2D eigenvalue weighted by Crippen LogP contribution is 2.27. The molecule has 0 aliphatic carbocycles. The van der Waals surface area contributed by atoms with E-state index in [2.05, 4.69) is 10.6 Å². The van der Waals surface area contributed by atoms with E-state index in [4.69, 9.17) is 0 Å². The summed E-state index contributed by atoms with van der Waals surface area (Å²) < 4.78 is 26.8. The Morgan fingerprint density at radius 3 is 2.77 bits per heavy atom. The monoisotopic (exact) mass is 343 g/mol. The number of thiophene rings is 1. The Morgan fingerprint density at radius 2 is 2.09 bits per heavy atom. The van der Waals surface area contributed by atoms with Crippen LogP contribution in [0.25, 0.3) is 0 Å². The van der Waals surface area contributed by atoms with Gasteiger partial charge in [-0.2, -0.15) is 4.31 Å². The number of carbonyl (C=O) groups is 1. The van der Waals surface area contributed by atoms with Crippen LogP contribution in [0.1, 0.15) is 35.4 Å². The van der Waals surface area contributed by atoms with Crippen molar-refractivity contribution in [2.24, 2.45) is 0 Å². The fraction of sp³-hybridized carbons (Fsp3) is 0.643.